The minimum absolute atomic E-state index is 0.246. The van der Waals surface area contributed by atoms with E-state index in [4.69, 9.17) is 16.3 Å². The van der Waals surface area contributed by atoms with E-state index in [2.05, 4.69) is 5.32 Å². The summed E-state index contributed by atoms with van der Waals surface area (Å²) in [5.41, 5.74) is 0.743. The highest BCUT2D eigenvalue weighted by molar-refractivity contribution is 6.34. The van der Waals surface area contributed by atoms with Crippen LogP contribution >= 0.6 is 11.6 Å². The molecule has 0 fully saturated rings. The van der Waals surface area contributed by atoms with E-state index in [1.54, 1.807) is 18.2 Å². The first-order chi connectivity index (χ1) is 12.7. The number of halogens is 4. The number of nitrogens with one attached hydrogen (secondary N) is 1. The van der Waals surface area contributed by atoms with Gasteiger partial charge in [0.2, 0.25) is 0 Å². The van der Waals surface area contributed by atoms with Gasteiger partial charge in [-0.15, -0.1) is 0 Å². The van der Waals surface area contributed by atoms with Crippen LogP contribution in [0.3, 0.4) is 0 Å². The number of aryl methyl sites for hydroxylation is 1. The van der Waals surface area contributed by atoms with Crippen molar-refractivity contribution in [2.45, 2.75) is 25.1 Å². The van der Waals surface area contributed by atoms with Gasteiger partial charge in [-0.05, 0) is 48.2 Å². The van der Waals surface area contributed by atoms with Crippen LogP contribution in [0.25, 0.3) is 0 Å². The lowest BCUT2D eigenvalue weighted by molar-refractivity contribution is -0.137. The Hall–Kier alpha value is -2.54. The summed E-state index contributed by atoms with van der Waals surface area (Å²) in [4.78, 5) is 24.2. The van der Waals surface area contributed by atoms with Crippen LogP contribution in [0.2, 0.25) is 5.02 Å². The number of hydrogen-bond acceptors (Lipinski definition) is 3. The van der Waals surface area contributed by atoms with Crippen LogP contribution in [0.4, 0.5) is 13.2 Å². The largest absolute Gasteiger partial charge is 0.465 e. The third-order valence-corrected chi connectivity index (χ3v) is 4.91. The Bertz CT molecular complexity index is 912. The van der Waals surface area contributed by atoms with Crippen molar-refractivity contribution in [2.24, 2.45) is 0 Å². The molecule has 0 aliphatic heterocycles. The van der Waals surface area contributed by atoms with E-state index in [9.17, 15) is 22.8 Å². The topological polar surface area (TPSA) is 55.4 Å². The summed E-state index contributed by atoms with van der Waals surface area (Å²) in [7, 11) is 1.27. The molecule has 0 unspecified atom stereocenters. The van der Waals surface area contributed by atoms with Gasteiger partial charge in [-0.25, -0.2) is 4.79 Å². The van der Waals surface area contributed by atoms with Gasteiger partial charge >= 0.3 is 12.1 Å². The van der Waals surface area contributed by atoms with Crippen molar-refractivity contribution >= 4 is 23.5 Å². The van der Waals surface area contributed by atoms with E-state index < -0.39 is 34.7 Å². The Labute approximate surface area is 158 Å². The molecule has 8 heteroatoms. The van der Waals surface area contributed by atoms with E-state index in [-0.39, 0.29) is 5.56 Å². The highest BCUT2D eigenvalue weighted by Crippen LogP contribution is 2.37. The maximum atomic E-state index is 13.0. The number of hydrogen-bond donors (Lipinski definition) is 1. The van der Waals surface area contributed by atoms with Gasteiger partial charge in [0.1, 0.15) is 0 Å². The summed E-state index contributed by atoms with van der Waals surface area (Å²) in [5.74, 6) is -1.21. The van der Waals surface area contributed by atoms with Crippen LogP contribution in [0.15, 0.2) is 36.4 Å². The van der Waals surface area contributed by atoms with E-state index in [0.29, 0.717) is 18.4 Å². The lowest BCUT2D eigenvalue weighted by Crippen LogP contribution is -2.28. The quantitative estimate of drug-likeness (QED) is 0.772. The third-order valence-electron chi connectivity index (χ3n) is 4.50. The molecule has 1 aliphatic rings. The summed E-state index contributed by atoms with van der Waals surface area (Å²) in [5, 5.41) is 2.08. The van der Waals surface area contributed by atoms with Gasteiger partial charge in [0.25, 0.3) is 5.91 Å². The Morgan fingerprint density at radius 3 is 2.63 bits per heavy atom. The number of methoxy groups -OCH3 is 1. The molecule has 142 valence electrons. The van der Waals surface area contributed by atoms with Crippen molar-refractivity contribution in [1.29, 1.82) is 0 Å². The fourth-order valence-electron chi connectivity index (χ4n) is 3.16. The first-order valence-corrected chi connectivity index (χ1v) is 8.48. The second-order valence-electron chi connectivity index (χ2n) is 6.13. The first kappa shape index (κ1) is 19.2. The van der Waals surface area contributed by atoms with E-state index in [1.165, 1.54) is 13.2 Å². The summed E-state index contributed by atoms with van der Waals surface area (Å²) in [6.07, 6.45) is -3.40. The minimum atomic E-state index is -4.65. The second kappa shape index (κ2) is 7.23. The molecule has 1 aliphatic carbocycles. The predicted octanol–water partition coefficient (Wildman–Crippen LogP) is 4.56. The molecule has 0 bridgehead atoms. The number of fused-ring (bicyclic) bond motifs is 1. The van der Waals surface area contributed by atoms with Crippen molar-refractivity contribution in [2.75, 3.05) is 7.11 Å². The first-order valence-electron chi connectivity index (χ1n) is 8.10. The van der Waals surface area contributed by atoms with Gasteiger partial charge in [0, 0.05) is 0 Å². The molecule has 0 spiro atoms. The molecular formula is C19H15ClF3NO3. The van der Waals surface area contributed by atoms with Gasteiger partial charge < -0.3 is 10.1 Å². The normalized spacial score (nSPS) is 16.0. The van der Waals surface area contributed by atoms with Crippen molar-refractivity contribution in [3.8, 4) is 0 Å². The number of alkyl halides is 3. The molecule has 0 heterocycles. The lowest BCUT2D eigenvalue weighted by Gasteiger charge is -2.17. The molecule has 0 saturated heterocycles. The van der Waals surface area contributed by atoms with Gasteiger partial charge in [-0.2, -0.15) is 13.2 Å². The number of ether oxygens (including phenoxy) is 1. The fraction of sp³-hybridized carbons (Fsp3) is 0.263. The lowest BCUT2D eigenvalue weighted by atomic mass is 10.0. The average molecular weight is 398 g/mol. The molecule has 0 radical (unpaired) electrons. The third kappa shape index (κ3) is 3.78. The van der Waals surface area contributed by atoms with Crippen LogP contribution < -0.4 is 5.32 Å². The zero-order valence-corrected chi connectivity index (χ0v) is 14.9. The average Bonchev–Trinajstić information content (AvgIpc) is 3.02. The number of esters is 1. The highest BCUT2D eigenvalue weighted by Gasteiger charge is 2.35. The molecule has 3 rings (SSSR count). The highest BCUT2D eigenvalue weighted by atomic mass is 35.5. The zero-order chi connectivity index (χ0) is 19.8. The summed E-state index contributed by atoms with van der Waals surface area (Å²) in [6.45, 7) is 0. The van der Waals surface area contributed by atoms with Crippen LogP contribution in [0, 0.1) is 0 Å². The number of carbonyl (C=O) groups excluding carboxylic acids is 2. The monoisotopic (exact) mass is 397 g/mol. The molecule has 27 heavy (non-hydrogen) atoms. The van der Waals surface area contributed by atoms with Crippen LogP contribution in [-0.4, -0.2) is 19.0 Å². The van der Waals surface area contributed by atoms with Crippen LogP contribution in [0.5, 0.6) is 0 Å². The number of benzene rings is 2. The van der Waals surface area contributed by atoms with Crippen LogP contribution in [0.1, 0.15) is 49.9 Å². The molecule has 0 saturated carbocycles. The van der Waals surface area contributed by atoms with E-state index in [0.717, 1.165) is 23.3 Å². The molecule has 2 aromatic rings. The maximum absolute atomic E-state index is 13.0. The Balaban J connectivity index is 1.87. The van der Waals surface area contributed by atoms with Gasteiger partial charge in [0.05, 0.1) is 34.9 Å². The molecule has 1 amide bonds. The molecule has 2 aromatic carbocycles. The minimum Gasteiger partial charge on any atom is -0.465 e. The van der Waals surface area contributed by atoms with Crippen molar-refractivity contribution in [3.05, 3.63) is 69.2 Å². The van der Waals surface area contributed by atoms with E-state index in [1.807, 2.05) is 0 Å². The Morgan fingerprint density at radius 1 is 1.22 bits per heavy atom. The standard InChI is InChI=1S/C19H15ClF3NO3/c1-27-18(26)11-6-5-10-7-8-15(13(10)9-11)24-17(25)12-3-2-4-14(16(12)20)19(21,22)23/h2-6,9,15H,7-8H2,1H3,(H,24,25)/t15-/m1/s1. The van der Waals surface area contributed by atoms with Gasteiger partial charge in [-0.1, -0.05) is 23.7 Å². The maximum Gasteiger partial charge on any atom is 0.417 e. The van der Waals surface area contributed by atoms with Crippen molar-refractivity contribution < 1.29 is 27.5 Å². The number of carbonyl (C=O) groups is 2. The molecule has 0 aromatic heterocycles. The number of amides is 1. The summed E-state index contributed by atoms with van der Waals surface area (Å²) in [6, 6.07) is 7.83. The second-order valence-corrected chi connectivity index (χ2v) is 6.51. The molecule has 1 atom stereocenters. The van der Waals surface area contributed by atoms with Gasteiger partial charge in [0.15, 0.2) is 0 Å². The SMILES string of the molecule is COC(=O)c1ccc2c(c1)[C@H](NC(=O)c1cccc(C(F)(F)F)c1Cl)CC2. The van der Waals surface area contributed by atoms with Gasteiger partial charge in [-0.3, -0.25) is 4.79 Å². The van der Waals surface area contributed by atoms with Crippen LogP contribution in [-0.2, 0) is 17.3 Å². The fourth-order valence-corrected chi connectivity index (χ4v) is 3.48. The molecule has 1 N–H and O–H groups in total. The number of rotatable bonds is 3. The Kier molecular flexibility index (Phi) is 5.15. The molecular weight excluding hydrogens is 383 g/mol. The van der Waals surface area contributed by atoms with Crippen molar-refractivity contribution in [3.63, 3.8) is 0 Å². The predicted molar refractivity (Wildman–Crippen MR) is 92.8 cm³/mol. The summed E-state index contributed by atoms with van der Waals surface area (Å²) < 4.78 is 43.7. The smallest absolute Gasteiger partial charge is 0.417 e. The van der Waals surface area contributed by atoms with E-state index >= 15 is 0 Å². The molecule has 4 nitrogen and oxygen atoms in total. The zero-order valence-electron chi connectivity index (χ0n) is 14.2. The summed E-state index contributed by atoms with van der Waals surface area (Å²) >= 11 is 5.82. The Morgan fingerprint density at radius 2 is 1.96 bits per heavy atom. The van der Waals surface area contributed by atoms with Crippen molar-refractivity contribution in [1.82, 2.24) is 5.32 Å².